The van der Waals surface area contributed by atoms with Gasteiger partial charge in [0.1, 0.15) is 6.04 Å². The van der Waals surface area contributed by atoms with E-state index in [0.717, 1.165) is 56.2 Å². The van der Waals surface area contributed by atoms with E-state index in [2.05, 4.69) is 15.1 Å². The molecule has 3 saturated heterocycles. The van der Waals surface area contributed by atoms with Crippen LogP contribution in [0.3, 0.4) is 0 Å². The molecule has 3 fully saturated rings. The van der Waals surface area contributed by atoms with Crippen LogP contribution in [0.15, 0.2) is 18.2 Å². The Kier molecular flexibility index (Phi) is 4.82. The predicted octanol–water partition coefficient (Wildman–Crippen LogP) is -0.0513. The maximum absolute atomic E-state index is 13.0. The molecule has 0 saturated carbocycles. The van der Waals surface area contributed by atoms with Gasteiger partial charge in [-0.15, -0.1) is 0 Å². The fourth-order valence-corrected chi connectivity index (χ4v) is 5.35. The van der Waals surface area contributed by atoms with E-state index in [9.17, 15) is 19.2 Å². The van der Waals surface area contributed by atoms with Crippen molar-refractivity contribution in [3.8, 4) is 0 Å². The van der Waals surface area contributed by atoms with E-state index in [-0.39, 0.29) is 18.7 Å². The highest BCUT2D eigenvalue weighted by atomic mass is 16.2. The number of fused-ring (bicyclic) bond motifs is 1. The quantitative estimate of drug-likeness (QED) is 0.650. The second-order valence-electron chi connectivity index (χ2n) is 9.16. The minimum absolute atomic E-state index is 0.119. The van der Waals surface area contributed by atoms with E-state index in [4.69, 9.17) is 5.73 Å². The highest BCUT2D eigenvalue weighted by Gasteiger charge is 2.47. The fourth-order valence-electron chi connectivity index (χ4n) is 5.35. The number of amides is 4. The summed E-state index contributed by atoms with van der Waals surface area (Å²) in [5.74, 6) is -1.88. The van der Waals surface area contributed by atoms with Crippen molar-refractivity contribution >= 4 is 29.3 Å². The lowest BCUT2D eigenvalue weighted by atomic mass is 9.71. The number of rotatable bonds is 4. The molecule has 4 aliphatic heterocycles. The highest BCUT2D eigenvalue weighted by molar-refractivity contribution is 6.23. The van der Waals surface area contributed by atoms with Crippen molar-refractivity contribution < 1.29 is 19.2 Å². The minimum atomic E-state index is -0.931. The third-order valence-electron chi connectivity index (χ3n) is 7.20. The molecule has 31 heavy (non-hydrogen) atoms. The molecular weight excluding hydrogens is 398 g/mol. The average molecular weight is 425 g/mol. The van der Waals surface area contributed by atoms with Crippen molar-refractivity contribution in [1.29, 1.82) is 0 Å². The first kappa shape index (κ1) is 20.1. The summed E-state index contributed by atoms with van der Waals surface area (Å²) >= 11 is 0. The van der Waals surface area contributed by atoms with Gasteiger partial charge in [-0.2, -0.15) is 0 Å². The van der Waals surface area contributed by atoms with Gasteiger partial charge in [0.25, 0.3) is 11.8 Å². The van der Waals surface area contributed by atoms with Crippen LogP contribution < -0.4 is 16.0 Å². The predicted molar refractivity (Wildman–Crippen MR) is 112 cm³/mol. The number of hydrogen-bond acceptors (Lipinski definition) is 7. The number of benzene rings is 1. The lowest BCUT2D eigenvalue weighted by Crippen LogP contribution is -2.60. The second kappa shape index (κ2) is 7.42. The maximum atomic E-state index is 13.0. The van der Waals surface area contributed by atoms with Gasteiger partial charge in [0.2, 0.25) is 11.8 Å². The molecule has 1 aromatic rings. The summed E-state index contributed by atoms with van der Waals surface area (Å²) in [6.07, 6.45) is 2.58. The van der Waals surface area contributed by atoms with Gasteiger partial charge in [-0.1, -0.05) is 0 Å². The molecule has 164 valence electrons. The van der Waals surface area contributed by atoms with Crippen LogP contribution in [-0.2, 0) is 9.59 Å². The van der Waals surface area contributed by atoms with Gasteiger partial charge in [0.05, 0.1) is 11.1 Å². The van der Waals surface area contributed by atoms with Gasteiger partial charge in [-0.05, 0) is 50.6 Å². The Balaban J connectivity index is 1.28. The number of carbonyl (C=O) groups excluding carboxylic acids is 4. The van der Waals surface area contributed by atoms with E-state index in [0.29, 0.717) is 23.1 Å². The van der Waals surface area contributed by atoms with Crippen molar-refractivity contribution in [2.75, 3.05) is 44.2 Å². The number of nitrogens with two attached hydrogens (primary N) is 1. The summed E-state index contributed by atoms with van der Waals surface area (Å²) in [5, 5.41) is 2.22. The number of hydrogen-bond donors (Lipinski definition) is 2. The number of imide groups is 2. The molecule has 1 atom stereocenters. The smallest absolute Gasteiger partial charge is 0.262 e. The molecule has 9 heteroatoms. The first-order valence-corrected chi connectivity index (χ1v) is 10.9. The molecule has 1 aromatic carbocycles. The molecule has 0 aromatic heterocycles. The molecule has 9 nitrogen and oxygen atoms in total. The van der Waals surface area contributed by atoms with Crippen LogP contribution in [0.4, 0.5) is 5.69 Å². The van der Waals surface area contributed by atoms with Crippen LogP contribution in [0, 0.1) is 5.41 Å². The summed E-state index contributed by atoms with van der Waals surface area (Å²) in [4.78, 5) is 55.2. The van der Waals surface area contributed by atoms with Crippen molar-refractivity contribution in [2.45, 2.75) is 31.7 Å². The zero-order valence-corrected chi connectivity index (χ0v) is 17.4. The number of carbonyl (C=O) groups is 4. The Morgan fingerprint density at radius 3 is 2.42 bits per heavy atom. The second-order valence-corrected chi connectivity index (χ2v) is 9.16. The zero-order valence-electron chi connectivity index (χ0n) is 17.4. The SMILES string of the molecule is NCCN1CCC2(CC1)CN(c1ccc3c(c1)C(=O)N(C1CCC(=O)NC1=O)C3=O)C2. The van der Waals surface area contributed by atoms with E-state index >= 15 is 0 Å². The molecule has 5 rings (SSSR count). The normalized spacial score (nSPS) is 25.6. The maximum Gasteiger partial charge on any atom is 0.262 e. The lowest BCUT2D eigenvalue weighted by Gasteiger charge is -2.55. The van der Waals surface area contributed by atoms with Crippen molar-refractivity contribution in [1.82, 2.24) is 15.1 Å². The first-order chi connectivity index (χ1) is 14.9. The number of piperidine rings is 2. The van der Waals surface area contributed by atoms with Gasteiger partial charge in [-0.3, -0.25) is 29.4 Å². The Hall–Kier alpha value is -2.78. The monoisotopic (exact) mass is 425 g/mol. The van der Waals surface area contributed by atoms with Crippen LogP contribution >= 0.6 is 0 Å². The molecule has 0 bridgehead atoms. The summed E-state index contributed by atoms with van der Waals surface area (Å²) in [6, 6.07) is 4.41. The number of anilines is 1. The molecule has 4 heterocycles. The molecule has 4 amide bonds. The third kappa shape index (κ3) is 3.32. The Morgan fingerprint density at radius 1 is 1.03 bits per heavy atom. The van der Waals surface area contributed by atoms with Crippen LogP contribution in [-0.4, -0.2) is 78.7 Å². The van der Waals surface area contributed by atoms with E-state index in [1.807, 2.05) is 6.07 Å². The molecular formula is C22H27N5O4. The molecule has 0 aliphatic carbocycles. The van der Waals surface area contributed by atoms with Crippen LogP contribution in [0.5, 0.6) is 0 Å². The van der Waals surface area contributed by atoms with Gasteiger partial charge < -0.3 is 15.5 Å². The third-order valence-corrected chi connectivity index (χ3v) is 7.20. The van der Waals surface area contributed by atoms with Crippen LogP contribution in [0.25, 0.3) is 0 Å². The molecule has 3 N–H and O–H groups in total. The number of likely N-dealkylation sites (tertiary alicyclic amines) is 1. The molecule has 4 aliphatic rings. The van der Waals surface area contributed by atoms with Crippen LogP contribution in [0.2, 0.25) is 0 Å². The fraction of sp³-hybridized carbons (Fsp3) is 0.545. The first-order valence-electron chi connectivity index (χ1n) is 10.9. The van der Waals surface area contributed by atoms with E-state index in [1.54, 1.807) is 12.1 Å². The standard InChI is InChI=1S/C22H27N5O4/c23-7-10-25-8-5-22(6-9-25)12-26(13-22)14-1-2-15-16(11-14)21(31)27(20(15)30)17-3-4-18(28)24-19(17)29/h1-2,11,17H,3-10,12-13,23H2,(H,24,28,29). The van der Waals surface area contributed by atoms with Crippen LogP contribution in [0.1, 0.15) is 46.4 Å². The Bertz CT molecular complexity index is 961. The van der Waals surface area contributed by atoms with Crippen molar-refractivity contribution in [2.24, 2.45) is 11.1 Å². The Labute approximate surface area is 180 Å². The molecule has 1 spiro atoms. The summed E-state index contributed by atoms with van der Waals surface area (Å²) in [5.41, 5.74) is 7.58. The van der Waals surface area contributed by atoms with Gasteiger partial charge in [-0.25, -0.2) is 0 Å². The van der Waals surface area contributed by atoms with Crippen molar-refractivity contribution in [3.63, 3.8) is 0 Å². The average Bonchev–Trinajstić information content (AvgIpc) is 2.97. The number of nitrogens with one attached hydrogen (secondary N) is 1. The van der Waals surface area contributed by atoms with Crippen molar-refractivity contribution in [3.05, 3.63) is 29.3 Å². The number of nitrogens with zero attached hydrogens (tertiary/aromatic N) is 3. The van der Waals surface area contributed by atoms with Gasteiger partial charge in [0.15, 0.2) is 0 Å². The molecule has 1 unspecified atom stereocenters. The largest absolute Gasteiger partial charge is 0.370 e. The lowest BCUT2D eigenvalue weighted by molar-refractivity contribution is -0.136. The summed E-state index contributed by atoms with van der Waals surface area (Å²) < 4.78 is 0. The topological polar surface area (TPSA) is 116 Å². The van der Waals surface area contributed by atoms with Gasteiger partial charge in [0, 0.05) is 43.7 Å². The van der Waals surface area contributed by atoms with E-state index in [1.165, 1.54) is 0 Å². The van der Waals surface area contributed by atoms with E-state index < -0.39 is 23.8 Å². The highest BCUT2D eigenvalue weighted by Crippen LogP contribution is 2.43. The zero-order chi connectivity index (χ0) is 21.8. The molecule has 0 radical (unpaired) electrons. The minimum Gasteiger partial charge on any atom is -0.370 e. The summed E-state index contributed by atoms with van der Waals surface area (Å²) in [6.45, 7) is 5.68. The Morgan fingerprint density at radius 2 is 1.74 bits per heavy atom. The summed E-state index contributed by atoms with van der Waals surface area (Å²) in [7, 11) is 0. The van der Waals surface area contributed by atoms with Gasteiger partial charge >= 0.3 is 0 Å².